The van der Waals surface area contributed by atoms with E-state index in [4.69, 9.17) is 5.73 Å². The van der Waals surface area contributed by atoms with E-state index in [0.717, 1.165) is 5.70 Å². The molecule has 0 bridgehead atoms. The second-order valence-electron chi connectivity index (χ2n) is 5.60. The van der Waals surface area contributed by atoms with E-state index < -0.39 is 7.26 Å². The van der Waals surface area contributed by atoms with Crippen molar-refractivity contribution in [3.63, 3.8) is 0 Å². The minimum Gasteiger partial charge on any atom is -0.400 e. The molecular formula is C21H21NP+. The fourth-order valence-corrected chi connectivity index (χ4v) is 6.85. The maximum atomic E-state index is 6.18. The van der Waals surface area contributed by atoms with Crippen molar-refractivity contribution in [2.75, 3.05) is 0 Å². The average molecular weight is 318 g/mol. The van der Waals surface area contributed by atoms with E-state index in [2.05, 4.69) is 96.8 Å². The lowest BCUT2D eigenvalue weighted by atomic mass is 10.4. The van der Waals surface area contributed by atoms with Crippen molar-refractivity contribution in [1.82, 2.24) is 0 Å². The molecule has 0 radical (unpaired) electrons. The third kappa shape index (κ3) is 3.06. The molecule has 2 N–H and O–H groups in total. The van der Waals surface area contributed by atoms with Crippen LogP contribution in [0.2, 0.25) is 0 Å². The molecular weight excluding hydrogens is 297 g/mol. The summed E-state index contributed by atoms with van der Waals surface area (Å²) in [6.45, 7) is 1.98. The van der Waals surface area contributed by atoms with Gasteiger partial charge in [-0.25, -0.2) is 0 Å². The van der Waals surface area contributed by atoms with Crippen LogP contribution in [0.3, 0.4) is 0 Å². The predicted molar refractivity (Wildman–Crippen MR) is 103 cm³/mol. The van der Waals surface area contributed by atoms with E-state index in [1.807, 2.05) is 6.92 Å². The maximum Gasteiger partial charge on any atom is 0.138 e. The topological polar surface area (TPSA) is 26.0 Å². The lowest BCUT2D eigenvalue weighted by Crippen LogP contribution is -2.30. The summed E-state index contributed by atoms with van der Waals surface area (Å²) in [6.07, 6.45) is 0. The van der Waals surface area contributed by atoms with Crippen LogP contribution < -0.4 is 21.6 Å². The Morgan fingerprint density at radius 3 is 1.22 bits per heavy atom. The monoisotopic (exact) mass is 318 g/mol. The van der Waals surface area contributed by atoms with Crippen molar-refractivity contribution < 1.29 is 0 Å². The van der Waals surface area contributed by atoms with Crippen molar-refractivity contribution in [1.29, 1.82) is 0 Å². The molecule has 3 aromatic carbocycles. The number of nitrogens with two attached hydrogens (primary N) is 1. The molecule has 1 nitrogen and oxygen atoms in total. The number of benzene rings is 3. The van der Waals surface area contributed by atoms with Gasteiger partial charge in [-0.3, -0.25) is 0 Å². The molecule has 2 heteroatoms. The molecule has 0 unspecified atom stereocenters. The van der Waals surface area contributed by atoms with Crippen LogP contribution in [0.4, 0.5) is 0 Å². The van der Waals surface area contributed by atoms with Gasteiger partial charge in [-0.1, -0.05) is 54.6 Å². The zero-order valence-electron chi connectivity index (χ0n) is 13.3. The fourth-order valence-electron chi connectivity index (χ4n) is 2.97. The largest absolute Gasteiger partial charge is 0.400 e. The fraction of sp³-hybridized carbons (Fsp3) is 0.0476. The van der Waals surface area contributed by atoms with Crippen molar-refractivity contribution in [2.24, 2.45) is 5.73 Å². The Labute approximate surface area is 138 Å². The first kappa shape index (κ1) is 15.5. The smallest absolute Gasteiger partial charge is 0.138 e. The molecule has 0 saturated heterocycles. The number of hydrogen-bond donors (Lipinski definition) is 1. The first-order chi connectivity index (χ1) is 11.2. The molecule has 0 atom stereocenters. The molecule has 3 aromatic rings. The van der Waals surface area contributed by atoms with E-state index in [9.17, 15) is 0 Å². The average Bonchev–Trinajstić information content (AvgIpc) is 2.62. The summed E-state index contributed by atoms with van der Waals surface area (Å²) in [7, 11) is -1.90. The van der Waals surface area contributed by atoms with Gasteiger partial charge >= 0.3 is 0 Å². The molecule has 0 amide bonds. The third-order valence-electron chi connectivity index (χ3n) is 3.89. The molecule has 0 aliphatic carbocycles. The molecule has 23 heavy (non-hydrogen) atoms. The second-order valence-corrected chi connectivity index (χ2v) is 8.86. The van der Waals surface area contributed by atoms with Gasteiger partial charge in [0.05, 0.1) is 5.82 Å². The van der Waals surface area contributed by atoms with Gasteiger partial charge < -0.3 is 5.73 Å². The van der Waals surface area contributed by atoms with Crippen molar-refractivity contribution >= 4 is 23.2 Å². The SMILES string of the molecule is C/C(N)=C\[P+](c1ccccc1)(c1ccccc1)c1ccccc1. The number of rotatable bonds is 4. The van der Waals surface area contributed by atoms with Crippen LogP contribution in [0.25, 0.3) is 0 Å². The van der Waals surface area contributed by atoms with Crippen LogP contribution in [-0.4, -0.2) is 0 Å². The molecule has 0 heterocycles. The van der Waals surface area contributed by atoms with Crippen LogP contribution >= 0.6 is 7.26 Å². The highest BCUT2D eigenvalue weighted by atomic mass is 31.2. The highest BCUT2D eigenvalue weighted by molar-refractivity contribution is 7.98. The standard InChI is InChI=1S/C21H21NP/c1-18(22)17-23(19-11-5-2-6-12-19,20-13-7-3-8-14-20)21-15-9-4-10-16-21/h2-17H,22H2,1H3/q+1/b18-17+. The highest BCUT2D eigenvalue weighted by Gasteiger charge is 2.43. The van der Waals surface area contributed by atoms with Crippen LogP contribution in [0.1, 0.15) is 6.92 Å². The molecule has 0 aromatic heterocycles. The first-order valence-corrected chi connectivity index (χ1v) is 9.60. The summed E-state index contributed by atoms with van der Waals surface area (Å²) in [5, 5.41) is 3.96. The van der Waals surface area contributed by atoms with Crippen molar-refractivity contribution in [3.05, 3.63) is 103 Å². The molecule has 0 fully saturated rings. The summed E-state index contributed by atoms with van der Waals surface area (Å²) >= 11 is 0. The normalized spacial score (nSPS) is 12.1. The summed E-state index contributed by atoms with van der Waals surface area (Å²) < 4.78 is 0. The van der Waals surface area contributed by atoms with Crippen LogP contribution in [0, 0.1) is 0 Å². The molecule has 0 spiro atoms. The summed E-state index contributed by atoms with van der Waals surface area (Å²) in [5.41, 5.74) is 7.04. The Balaban J connectivity index is 2.38. The second kappa shape index (κ2) is 6.81. The van der Waals surface area contributed by atoms with Gasteiger partial charge in [0.1, 0.15) is 23.2 Å². The lowest BCUT2D eigenvalue weighted by Gasteiger charge is -2.24. The third-order valence-corrected chi connectivity index (χ3v) is 8.02. The molecule has 114 valence electrons. The predicted octanol–water partition coefficient (Wildman–Crippen LogP) is 3.80. The van der Waals surface area contributed by atoms with Crippen LogP contribution in [0.15, 0.2) is 103 Å². The van der Waals surface area contributed by atoms with Gasteiger partial charge in [0.25, 0.3) is 0 Å². The van der Waals surface area contributed by atoms with E-state index in [-0.39, 0.29) is 0 Å². The van der Waals surface area contributed by atoms with Gasteiger partial charge in [0.15, 0.2) is 0 Å². The van der Waals surface area contributed by atoms with Gasteiger partial charge in [-0.05, 0) is 43.3 Å². The van der Waals surface area contributed by atoms with Crippen LogP contribution in [0.5, 0.6) is 0 Å². The highest BCUT2D eigenvalue weighted by Crippen LogP contribution is 2.57. The van der Waals surface area contributed by atoms with Crippen molar-refractivity contribution in [3.8, 4) is 0 Å². The zero-order valence-corrected chi connectivity index (χ0v) is 14.2. The molecule has 0 aliphatic rings. The van der Waals surface area contributed by atoms with Gasteiger partial charge in [-0.2, -0.15) is 0 Å². The van der Waals surface area contributed by atoms with Gasteiger partial charge in [-0.15, -0.1) is 0 Å². The Bertz CT molecular complexity index is 679. The Hall–Kier alpha value is -2.37. The lowest BCUT2D eigenvalue weighted by molar-refractivity contribution is 1.33. The Kier molecular flexibility index (Phi) is 4.60. The minimum atomic E-state index is -1.90. The van der Waals surface area contributed by atoms with Crippen LogP contribution in [-0.2, 0) is 0 Å². The number of allylic oxidation sites excluding steroid dienone is 1. The molecule has 0 aliphatic heterocycles. The summed E-state index contributed by atoms with van der Waals surface area (Å²) in [5.74, 6) is 2.27. The molecule has 0 saturated carbocycles. The van der Waals surface area contributed by atoms with E-state index >= 15 is 0 Å². The zero-order chi connectivity index (χ0) is 16.1. The van der Waals surface area contributed by atoms with E-state index in [1.165, 1.54) is 15.9 Å². The van der Waals surface area contributed by atoms with E-state index in [1.54, 1.807) is 0 Å². The Morgan fingerprint density at radius 2 is 0.957 bits per heavy atom. The summed E-state index contributed by atoms with van der Waals surface area (Å²) in [6, 6.07) is 32.1. The minimum absolute atomic E-state index is 0.856. The quantitative estimate of drug-likeness (QED) is 0.728. The Morgan fingerprint density at radius 1 is 0.652 bits per heavy atom. The maximum absolute atomic E-state index is 6.18. The number of hydrogen-bond acceptors (Lipinski definition) is 1. The van der Waals surface area contributed by atoms with E-state index in [0.29, 0.717) is 0 Å². The van der Waals surface area contributed by atoms with Gasteiger partial charge in [0, 0.05) is 5.70 Å². The van der Waals surface area contributed by atoms with Gasteiger partial charge in [0.2, 0.25) is 0 Å². The first-order valence-electron chi connectivity index (χ1n) is 7.74. The summed E-state index contributed by atoms with van der Waals surface area (Å²) in [4.78, 5) is 0. The molecule has 3 rings (SSSR count). The van der Waals surface area contributed by atoms with Crippen molar-refractivity contribution in [2.45, 2.75) is 6.92 Å².